The van der Waals surface area contributed by atoms with Crippen LogP contribution in [-0.4, -0.2) is 30.8 Å². The van der Waals surface area contributed by atoms with Crippen LogP contribution < -0.4 is 10.8 Å². The summed E-state index contributed by atoms with van der Waals surface area (Å²) in [7, 11) is -0.386. The van der Waals surface area contributed by atoms with Crippen molar-refractivity contribution in [1.29, 1.82) is 0 Å². The molecule has 1 aromatic rings. The van der Waals surface area contributed by atoms with Crippen LogP contribution in [0.3, 0.4) is 0 Å². The van der Waals surface area contributed by atoms with Crippen LogP contribution in [0.4, 0.5) is 0 Å². The first kappa shape index (κ1) is 15.1. The zero-order chi connectivity index (χ0) is 15.0. The lowest BCUT2D eigenvalue weighted by Gasteiger charge is -2.32. The molecule has 1 heterocycles. The molecular weight excluding hydrogens is 253 g/mol. The Balaban J connectivity index is 2.14. The van der Waals surface area contributed by atoms with Gasteiger partial charge in [-0.05, 0) is 52.2 Å². The molecule has 20 heavy (non-hydrogen) atoms. The minimum absolute atomic E-state index is 0.0621. The van der Waals surface area contributed by atoms with Gasteiger partial charge < -0.3 is 14.6 Å². The van der Waals surface area contributed by atoms with Crippen LogP contribution in [0.25, 0.3) is 0 Å². The first-order valence-electron chi connectivity index (χ1n) is 7.00. The number of hydrogen-bond donors (Lipinski definition) is 1. The summed E-state index contributed by atoms with van der Waals surface area (Å²) in [5.41, 5.74) is 0.870. The van der Waals surface area contributed by atoms with E-state index in [0.29, 0.717) is 12.1 Å². The highest BCUT2D eigenvalue weighted by molar-refractivity contribution is 6.62. The van der Waals surface area contributed by atoms with Crippen LogP contribution in [-0.2, 0) is 9.31 Å². The van der Waals surface area contributed by atoms with Gasteiger partial charge >= 0.3 is 7.12 Å². The van der Waals surface area contributed by atoms with Crippen molar-refractivity contribution >= 4 is 18.5 Å². The third-order valence-electron chi connectivity index (χ3n) is 4.04. The summed E-state index contributed by atoms with van der Waals surface area (Å²) in [6.07, 6.45) is 0. The molecule has 1 amide bonds. The van der Waals surface area contributed by atoms with E-state index in [4.69, 9.17) is 9.31 Å². The molecule has 1 aliphatic heterocycles. The molecule has 0 radical (unpaired) electrons. The summed E-state index contributed by atoms with van der Waals surface area (Å²) in [5.74, 6) is -0.0621. The second kappa shape index (κ2) is 5.22. The van der Waals surface area contributed by atoms with Gasteiger partial charge in [0, 0.05) is 12.1 Å². The number of hydrogen-bond acceptors (Lipinski definition) is 3. The summed E-state index contributed by atoms with van der Waals surface area (Å²) in [6, 6.07) is 7.36. The SMILES string of the molecule is CCNC(=O)c1ccc(B2OC(C)(C)C(C)(C)O2)cc1. The summed E-state index contributed by atoms with van der Waals surface area (Å²) in [4.78, 5) is 11.7. The number of rotatable bonds is 3. The Morgan fingerprint density at radius 2 is 1.60 bits per heavy atom. The number of nitrogens with one attached hydrogen (secondary N) is 1. The molecule has 1 fully saturated rings. The molecule has 108 valence electrons. The van der Waals surface area contributed by atoms with Crippen molar-refractivity contribution in [1.82, 2.24) is 5.32 Å². The Labute approximate surface area is 121 Å². The van der Waals surface area contributed by atoms with Crippen LogP contribution in [0, 0.1) is 0 Å². The highest BCUT2D eigenvalue weighted by Gasteiger charge is 2.51. The average molecular weight is 275 g/mol. The zero-order valence-electron chi connectivity index (χ0n) is 12.8. The molecule has 1 aliphatic rings. The smallest absolute Gasteiger partial charge is 0.399 e. The fraction of sp³-hybridized carbons (Fsp3) is 0.533. The molecule has 0 atom stereocenters. The Bertz CT molecular complexity index is 480. The monoisotopic (exact) mass is 275 g/mol. The van der Waals surface area contributed by atoms with Crippen LogP contribution in [0.2, 0.25) is 0 Å². The van der Waals surface area contributed by atoms with Gasteiger partial charge in [-0.25, -0.2) is 0 Å². The fourth-order valence-corrected chi connectivity index (χ4v) is 2.03. The molecule has 0 aliphatic carbocycles. The highest BCUT2D eigenvalue weighted by Crippen LogP contribution is 2.36. The standard InChI is InChI=1S/C15H22BNO3/c1-6-17-13(18)11-7-9-12(10-8-11)16-19-14(2,3)15(4,5)20-16/h7-10H,6H2,1-5H3,(H,17,18). The van der Waals surface area contributed by atoms with Gasteiger partial charge in [-0.1, -0.05) is 12.1 Å². The Kier molecular flexibility index (Phi) is 3.94. The molecule has 1 saturated heterocycles. The maximum absolute atomic E-state index is 11.7. The molecule has 0 spiro atoms. The zero-order valence-corrected chi connectivity index (χ0v) is 12.8. The van der Waals surface area contributed by atoms with Crippen molar-refractivity contribution in [2.75, 3.05) is 6.54 Å². The van der Waals surface area contributed by atoms with Crippen LogP contribution >= 0.6 is 0 Å². The first-order chi connectivity index (χ1) is 9.27. The quantitative estimate of drug-likeness (QED) is 0.855. The normalized spacial score (nSPS) is 19.9. The Morgan fingerprint density at radius 3 is 2.05 bits per heavy atom. The van der Waals surface area contributed by atoms with E-state index >= 15 is 0 Å². The maximum Gasteiger partial charge on any atom is 0.494 e. The number of carbonyl (C=O) groups excluding carboxylic acids is 1. The van der Waals surface area contributed by atoms with E-state index in [0.717, 1.165) is 5.46 Å². The molecule has 1 N–H and O–H groups in total. The molecule has 5 heteroatoms. The lowest BCUT2D eigenvalue weighted by molar-refractivity contribution is 0.00578. The van der Waals surface area contributed by atoms with Gasteiger partial charge in [0.25, 0.3) is 5.91 Å². The summed E-state index contributed by atoms with van der Waals surface area (Å²) < 4.78 is 12.0. The predicted octanol–water partition coefficient (Wildman–Crippen LogP) is 1.74. The van der Waals surface area contributed by atoms with Gasteiger partial charge in [0.2, 0.25) is 0 Å². The minimum Gasteiger partial charge on any atom is -0.399 e. The van der Waals surface area contributed by atoms with E-state index in [9.17, 15) is 4.79 Å². The lowest BCUT2D eigenvalue weighted by atomic mass is 9.79. The summed E-state index contributed by atoms with van der Waals surface area (Å²) in [6.45, 7) is 10.6. The summed E-state index contributed by atoms with van der Waals surface area (Å²) >= 11 is 0. The largest absolute Gasteiger partial charge is 0.494 e. The molecule has 0 bridgehead atoms. The highest BCUT2D eigenvalue weighted by atomic mass is 16.7. The lowest BCUT2D eigenvalue weighted by Crippen LogP contribution is -2.41. The minimum atomic E-state index is -0.386. The van der Waals surface area contributed by atoms with Gasteiger partial charge in [0.05, 0.1) is 11.2 Å². The van der Waals surface area contributed by atoms with E-state index in [1.807, 2.05) is 46.8 Å². The molecule has 2 rings (SSSR count). The van der Waals surface area contributed by atoms with Crippen molar-refractivity contribution < 1.29 is 14.1 Å². The average Bonchev–Trinajstić information content (AvgIpc) is 2.59. The topological polar surface area (TPSA) is 47.6 Å². The molecule has 0 aromatic heterocycles. The predicted molar refractivity (Wildman–Crippen MR) is 80.2 cm³/mol. The Hall–Kier alpha value is -1.33. The molecule has 0 unspecified atom stereocenters. The molecule has 4 nitrogen and oxygen atoms in total. The number of carbonyl (C=O) groups is 1. The van der Waals surface area contributed by atoms with Crippen molar-refractivity contribution in [2.45, 2.75) is 45.8 Å². The van der Waals surface area contributed by atoms with Crippen LogP contribution in [0.1, 0.15) is 45.0 Å². The maximum atomic E-state index is 11.7. The van der Waals surface area contributed by atoms with Crippen molar-refractivity contribution in [3.63, 3.8) is 0 Å². The van der Waals surface area contributed by atoms with Crippen molar-refractivity contribution in [3.05, 3.63) is 29.8 Å². The fourth-order valence-electron chi connectivity index (χ4n) is 2.03. The third-order valence-corrected chi connectivity index (χ3v) is 4.04. The number of amides is 1. The van der Waals surface area contributed by atoms with Gasteiger partial charge in [-0.2, -0.15) is 0 Å². The van der Waals surface area contributed by atoms with Gasteiger partial charge in [-0.3, -0.25) is 4.79 Å². The van der Waals surface area contributed by atoms with Crippen molar-refractivity contribution in [2.24, 2.45) is 0 Å². The molecule has 0 saturated carbocycles. The van der Waals surface area contributed by atoms with Crippen LogP contribution in [0.5, 0.6) is 0 Å². The Morgan fingerprint density at radius 1 is 1.10 bits per heavy atom. The first-order valence-corrected chi connectivity index (χ1v) is 7.00. The third kappa shape index (κ3) is 2.74. The van der Waals surface area contributed by atoms with E-state index in [1.165, 1.54) is 0 Å². The van der Waals surface area contributed by atoms with E-state index in [1.54, 1.807) is 12.1 Å². The van der Waals surface area contributed by atoms with Gasteiger partial charge in [-0.15, -0.1) is 0 Å². The van der Waals surface area contributed by atoms with Crippen LogP contribution in [0.15, 0.2) is 24.3 Å². The summed E-state index contributed by atoms with van der Waals surface area (Å²) in [5, 5.41) is 2.78. The number of benzene rings is 1. The van der Waals surface area contributed by atoms with Crippen molar-refractivity contribution in [3.8, 4) is 0 Å². The molecule has 1 aromatic carbocycles. The second-order valence-corrected chi connectivity index (χ2v) is 6.07. The van der Waals surface area contributed by atoms with E-state index in [-0.39, 0.29) is 24.2 Å². The van der Waals surface area contributed by atoms with Gasteiger partial charge in [0.1, 0.15) is 0 Å². The van der Waals surface area contributed by atoms with E-state index < -0.39 is 0 Å². The second-order valence-electron chi connectivity index (χ2n) is 6.07. The van der Waals surface area contributed by atoms with Gasteiger partial charge in [0.15, 0.2) is 0 Å². The van der Waals surface area contributed by atoms with E-state index in [2.05, 4.69) is 5.32 Å². The molecular formula is C15H22BNO3.